The molecule has 0 amide bonds. The standard InChI is InChI=1S/C11H21N3O/c1-4-9(8-15-3)14-10(5-2)11-12-6-7-13-11/h6-7,9-10,14H,4-5,8H2,1-3H3,(H,12,13). The number of nitrogens with zero attached hydrogens (tertiary/aromatic N) is 1. The van der Waals surface area contributed by atoms with Gasteiger partial charge in [0, 0.05) is 25.5 Å². The number of hydrogen-bond acceptors (Lipinski definition) is 3. The quantitative estimate of drug-likeness (QED) is 0.724. The van der Waals surface area contributed by atoms with Crippen LogP contribution in [0.3, 0.4) is 0 Å². The Labute approximate surface area is 91.4 Å². The van der Waals surface area contributed by atoms with Crippen molar-refractivity contribution in [3.63, 3.8) is 0 Å². The van der Waals surface area contributed by atoms with Crippen LogP contribution in [-0.4, -0.2) is 29.7 Å². The van der Waals surface area contributed by atoms with Gasteiger partial charge in [0.2, 0.25) is 0 Å². The lowest BCUT2D eigenvalue weighted by atomic mass is 10.1. The van der Waals surface area contributed by atoms with Crippen LogP contribution < -0.4 is 5.32 Å². The fourth-order valence-corrected chi connectivity index (χ4v) is 1.63. The summed E-state index contributed by atoms with van der Waals surface area (Å²) in [5.41, 5.74) is 0. The van der Waals surface area contributed by atoms with E-state index in [1.165, 1.54) is 0 Å². The lowest BCUT2D eigenvalue weighted by Gasteiger charge is -2.22. The van der Waals surface area contributed by atoms with Crippen LogP contribution in [0.1, 0.15) is 38.6 Å². The lowest BCUT2D eigenvalue weighted by Crippen LogP contribution is -2.36. The fraction of sp³-hybridized carbons (Fsp3) is 0.727. The Kier molecular flexibility index (Phi) is 5.36. The third-order valence-electron chi connectivity index (χ3n) is 2.56. The zero-order chi connectivity index (χ0) is 11.1. The van der Waals surface area contributed by atoms with E-state index in [9.17, 15) is 0 Å². The molecule has 0 spiro atoms. The molecule has 2 atom stereocenters. The SMILES string of the molecule is CCC(COC)NC(CC)c1ncc[nH]1. The molecule has 0 aliphatic heterocycles. The summed E-state index contributed by atoms with van der Waals surface area (Å²) in [6.07, 6.45) is 5.73. The predicted molar refractivity (Wildman–Crippen MR) is 60.7 cm³/mol. The van der Waals surface area contributed by atoms with Crippen molar-refractivity contribution in [3.05, 3.63) is 18.2 Å². The Balaban J connectivity index is 2.52. The van der Waals surface area contributed by atoms with Crippen molar-refractivity contribution in [2.24, 2.45) is 0 Å². The van der Waals surface area contributed by atoms with Gasteiger partial charge in [0.05, 0.1) is 12.6 Å². The van der Waals surface area contributed by atoms with Crippen LogP contribution in [-0.2, 0) is 4.74 Å². The Morgan fingerprint density at radius 3 is 2.73 bits per heavy atom. The van der Waals surface area contributed by atoms with Crippen LogP contribution in [0.25, 0.3) is 0 Å². The van der Waals surface area contributed by atoms with Crippen LogP contribution in [0.15, 0.2) is 12.4 Å². The summed E-state index contributed by atoms with van der Waals surface area (Å²) in [6.45, 7) is 5.05. The highest BCUT2D eigenvalue weighted by atomic mass is 16.5. The van der Waals surface area contributed by atoms with Crippen LogP contribution >= 0.6 is 0 Å². The molecule has 0 aromatic carbocycles. The van der Waals surface area contributed by atoms with Gasteiger partial charge in [-0.15, -0.1) is 0 Å². The van der Waals surface area contributed by atoms with Gasteiger partial charge < -0.3 is 15.0 Å². The average Bonchev–Trinajstić information content (AvgIpc) is 2.77. The number of aromatic amines is 1. The molecule has 1 heterocycles. The molecule has 1 aromatic rings. The van der Waals surface area contributed by atoms with Gasteiger partial charge in [-0.25, -0.2) is 4.98 Å². The second kappa shape index (κ2) is 6.58. The largest absolute Gasteiger partial charge is 0.383 e. The van der Waals surface area contributed by atoms with Gasteiger partial charge in [-0.3, -0.25) is 0 Å². The molecule has 4 nitrogen and oxygen atoms in total. The Hall–Kier alpha value is -0.870. The highest BCUT2D eigenvalue weighted by Gasteiger charge is 2.15. The highest BCUT2D eigenvalue weighted by molar-refractivity contribution is 4.95. The van der Waals surface area contributed by atoms with Crippen LogP contribution in [0.5, 0.6) is 0 Å². The number of rotatable bonds is 7. The predicted octanol–water partition coefficient (Wildman–Crippen LogP) is 1.88. The number of nitrogens with one attached hydrogen (secondary N) is 2. The first kappa shape index (κ1) is 12.2. The number of H-pyrrole nitrogens is 1. The van der Waals surface area contributed by atoms with Crippen LogP contribution in [0, 0.1) is 0 Å². The second-order valence-electron chi connectivity index (χ2n) is 3.66. The zero-order valence-corrected chi connectivity index (χ0v) is 9.79. The first-order valence-electron chi connectivity index (χ1n) is 5.56. The summed E-state index contributed by atoms with van der Waals surface area (Å²) in [7, 11) is 1.73. The minimum absolute atomic E-state index is 0.292. The van der Waals surface area contributed by atoms with Gasteiger partial charge in [-0.1, -0.05) is 13.8 Å². The number of ether oxygens (including phenoxy) is 1. The maximum absolute atomic E-state index is 5.16. The molecule has 0 aliphatic carbocycles. The first-order valence-corrected chi connectivity index (χ1v) is 5.56. The van der Waals surface area contributed by atoms with Gasteiger partial charge >= 0.3 is 0 Å². The molecule has 15 heavy (non-hydrogen) atoms. The second-order valence-corrected chi connectivity index (χ2v) is 3.66. The monoisotopic (exact) mass is 211 g/mol. The van der Waals surface area contributed by atoms with Gasteiger partial charge in [-0.2, -0.15) is 0 Å². The molecule has 2 N–H and O–H groups in total. The number of aromatic nitrogens is 2. The van der Waals surface area contributed by atoms with Crippen LogP contribution in [0.4, 0.5) is 0 Å². The molecule has 0 saturated heterocycles. The first-order chi connectivity index (χ1) is 7.31. The molecule has 4 heteroatoms. The van der Waals surface area contributed by atoms with Crippen molar-refractivity contribution in [2.45, 2.75) is 38.8 Å². The molecule has 0 radical (unpaired) electrons. The third-order valence-corrected chi connectivity index (χ3v) is 2.56. The van der Waals surface area contributed by atoms with E-state index in [-0.39, 0.29) is 0 Å². The smallest absolute Gasteiger partial charge is 0.123 e. The minimum atomic E-state index is 0.292. The topological polar surface area (TPSA) is 49.9 Å². The van der Waals surface area contributed by atoms with E-state index in [0.717, 1.165) is 25.3 Å². The molecular formula is C11H21N3O. The van der Waals surface area contributed by atoms with Crippen molar-refractivity contribution >= 4 is 0 Å². The minimum Gasteiger partial charge on any atom is -0.383 e. The summed E-state index contributed by atoms with van der Waals surface area (Å²) in [5, 5.41) is 3.54. The van der Waals surface area contributed by atoms with E-state index in [1.54, 1.807) is 13.3 Å². The molecule has 2 unspecified atom stereocenters. The van der Waals surface area contributed by atoms with E-state index < -0.39 is 0 Å². The van der Waals surface area contributed by atoms with E-state index in [2.05, 4.69) is 29.1 Å². The number of imidazole rings is 1. The molecule has 0 bridgehead atoms. The summed E-state index contributed by atoms with van der Waals surface area (Å²) in [6, 6.07) is 0.685. The Morgan fingerprint density at radius 1 is 1.47 bits per heavy atom. The summed E-state index contributed by atoms with van der Waals surface area (Å²) in [4.78, 5) is 7.42. The molecule has 1 aromatic heterocycles. The summed E-state index contributed by atoms with van der Waals surface area (Å²) < 4.78 is 5.16. The Morgan fingerprint density at radius 2 is 2.27 bits per heavy atom. The van der Waals surface area contributed by atoms with Gasteiger partial charge in [0.1, 0.15) is 5.82 Å². The third kappa shape index (κ3) is 3.64. The van der Waals surface area contributed by atoms with Crippen molar-refractivity contribution in [1.82, 2.24) is 15.3 Å². The highest BCUT2D eigenvalue weighted by Crippen LogP contribution is 2.13. The molecule has 0 fully saturated rings. The van der Waals surface area contributed by atoms with Crippen molar-refractivity contribution < 1.29 is 4.74 Å². The van der Waals surface area contributed by atoms with Crippen molar-refractivity contribution in [1.29, 1.82) is 0 Å². The van der Waals surface area contributed by atoms with E-state index in [1.807, 2.05) is 6.20 Å². The molecule has 1 rings (SSSR count). The average molecular weight is 211 g/mol. The number of hydrogen-bond donors (Lipinski definition) is 2. The maximum atomic E-state index is 5.16. The van der Waals surface area contributed by atoms with Gasteiger partial charge in [0.25, 0.3) is 0 Å². The van der Waals surface area contributed by atoms with E-state index >= 15 is 0 Å². The summed E-state index contributed by atoms with van der Waals surface area (Å²) >= 11 is 0. The van der Waals surface area contributed by atoms with Crippen molar-refractivity contribution in [3.8, 4) is 0 Å². The molecular weight excluding hydrogens is 190 g/mol. The summed E-state index contributed by atoms with van der Waals surface area (Å²) in [5.74, 6) is 1.01. The maximum Gasteiger partial charge on any atom is 0.123 e. The van der Waals surface area contributed by atoms with Gasteiger partial charge in [0.15, 0.2) is 0 Å². The van der Waals surface area contributed by atoms with Crippen molar-refractivity contribution in [2.75, 3.05) is 13.7 Å². The van der Waals surface area contributed by atoms with E-state index in [4.69, 9.17) is 4.74 Å². The van der Waals surface area contributed by atoms with Crippen LogP contribution in [0.2, 0.25) is 0 Å². The lowest BCUT2D eigenvalue weighted by molar-refractivity contribution is 0.157. The number of methoxy groups -OCH3 is 1. The molecule has 86 valence electrons. The molecule has 0 aliphatic rings. The molecule has 0 saturated carbocycles. The zero-order valence-electron chi connectivity index (χ0n) is 9.79. The van der Waals surface area contributed by atoms with E-state index in [0.29, 0.717) is 12.1 Å². The fourth-order valence-electron chi connectivity index (χ4n) is 1.63. The normalized spacial score (nSPS) is 15.1. The van der Waals surface area contributed by atoms with Gasteiger partial charge in [-0.05, 0) is 12.8 Å². The Bertz CT molecular complexity index is 248.